The molecular weight excluding hydrogens is 194 g/mol. The summed E-state index contributed by atoms with van der Waals surface area (Å²) in [6.07, 6.45) is 0.729. The molecule has 4 heteroatoms. The zero-order valence-corrected chi connectivity index (χ0v) is 7.52. The smallest absolute Gasteiger partial charge is 0.168 e. The predicted octanol–water partition coefficient (Wildman–Crippen LogP) is 2.76. The van der Waals surface area contributed by atoms with E-state index in [-0.39, 0.29) is 0 Å². The highest BCUT2D eigenvalue weighted by Gasteiger charge is 2.02. The molecule has 0 aliphatic heterocycles. The first-order chi connectivity index (χ1) is 5.81. The summed E-state index contributed by atoms with van der Waals surface area (Å²) in [7, 11) is 0. The molecule has 0 fully saturated rings. The van der Waals surface area contributed by atoms with Gasteiger partial charge in [0.15, 0.2) is 6.29 Å². The van der Waals surface area contributed by atoms with Gasteiger partial charge in [0, 0.05) is 10.8 Å². The summed E-state index contributed by atoms with van der Waals surface area (Å²) in [4.78, 5) is 15.3. The first-order valence-corrected chi connectivity index (χ1v) is 4.56. The lowest BCUT2D eigenvalue weighted by Gasteiger charge is -1.90. The van der Waals surface area contributed by atoms with Gasteiger partial charge in [-0.05, 0) is 12.1 Å². The molecule has 60 valence electrons. The Labute approximate surface area is 77.8 Å². The van der Waals surface area contributed by atoms with Crippen molar-refractivity contribution in [3.8, 4) is 0 Å². The maximum absolute atomic E-state index is 10.4. The lowest BCUT2D eigenvalue weighted by Crippen LogP contribution is -1.83. The summed E-state index contributed by atoms with van der Waals surface area (Å²) in [6, 6.07) is 3.47. The number of carbonyl (C=O) groups is 1. The van der Waals surface area contributed by atoms with Gasteiger partial charge in [0.1, 0.15) is 10.5 Å². The van der Waals surface area contributed by atoms with Crippen LogP contribution < -0.4 is 0 Å². The number of hydrogen-bond acceptors (Lipinski definition) is 3. The van der Waals surface area contributed by atoms with Crippen LogP contribution in [0.5, 0.6) is 0 Å². The van der Waals surface area contributed by atoms with Gasteiger partial charge in [-0.15, -0.1) is 11.3 Å². The van der Waals surface area contributed by atoms with Gasteiger partial charge in [0.05, 0.1) is 5.02 Å². The summed E-state index contributed by atoms with van der Waals surface area (Å²) in [6.45, 7) is 0. The van der Waals surface area contributed by atoms with E-state index in [1.165, 1.54) is 11.3 Å². The van der Waals surface area contributed by atoms with E-state index in [2.05, 4.69) is 4.98 Å². The van der Waals surface area contributed by atoms with Crippen molar-refractivity contribution in [2.45, 2.75) is 0 Å². The minimum Gasteiger partial charge on any atom is -0.296 e. The van der Waals surface area contributed by atoms with E-state index in [0.717, 1.165) is 16.5 Å². The van der Waals surface area contributed by atoms with Crippen molar-refractivity contribution in [1.82, 2.24) is 4.98 Å². The van der Waals surface area contributed by atoms with Crippen molar-refractivity contribution in [2.75, 3.05) is 0 Å². The van der Waals surface area contributed by atoms with Gasteiger partial charge in [-0.25, -0.2) is 4.98 Å². The van der Waals surface area contributed by atoms with Crippen molar-refractivity contribution < 1.29 is 4.79 Å². The zero-order valence-electron chi connectivity index (χ0n) is 5.95. The molecule has 0 atom stereocenters. The largest absolute Gasteiger partial charge is 0.296 e. The minimum absolute atomic E-state index is 0.445. The second kappa shape index (κ2) is 2.84. The summed E-state index contributed by atoms with van der Waals surface area (Å²) < 4.78 is 0. The number of aromatic nitrogens is 1. The Morgan fingerprint density at radius 1 is 1.50 bits per heavy atom. The molecule has 0 bridgehead atoms. The molecule has 0 amide bonds. The van der Waals surface area contributed by atoms with Crippen LogP contribution in [0.1, 0.15) is 10.5 Å². The number of nitrogens with zero attached hydrogens (tertiary/aromatic N) is 1. The van der Waals surface area contributed by atoms with Gasteiger partial charge in [-0.3, -0.25) is 4.79 Å². The quantitative estimate of drug-likeness (QED) is 0.658. The van der Waals surface area contributed by atoms with E-state index in [9.17, 15) is 4.79 Å². The third-order valence-electron chi connectivity index (χ3n) is 1.53. The first kappa shape index (κ1) is 7.71. The molecule has 12 heavy (non-hydrogen) atoms. The molecule has 2 aromatic heterocycles. The van der Waals surface area contributed by atoms with E-state index in [1.807, 2.05) is 11.4 Å². The van der Waals surface area contributed by atoms with Crippen molar-refractivity contribution in [1.29, 1.82) is 0 Å². The van der Waals surface area contributed by atoms with Gasteiger partial charge in [0.25, 0.3) is 0 Å². The van der Waals surface area contributed by atoms with Crippen molar-refractivity contribution in [2.24, 2.45) is 0 Å². The zero-order chi connectivity index (χ0) is 8.55. The molecule has 2 rings (SSSR count). The number of fused-ring (bicyclic) bond motifs is 1. The lowest BCUT2D eigenvalue weighted by atomic mass is 10.3. The van der Waals surface area contributed by atoms with Crippen molar-refractivity contribution in [3.05, 3.63) is 28.2 Å². The Balaban J connectivity index is 2.77. The van der Waals surface area contributed by atoms with Crippen LogP contribution in [-0.4, -0.2) is 11.3 Å². The molecular formula is C8H4ClNOS. The highest BCUT2D eigenvalue weighted by molar-refractivity contribution is 7.17. The fourth-order valence-electron chi connectivity index (χ4n) is 0.963. The Hall–Kier alpha value is -0.930. The van der Waals surface area contributed by atoms with Crippen LogP contribution in [0.4, 0.5) is 0 Å². The Kier molecular flexibility index (Phi) is 1.83. The molecule has 2 heterocycles. The average Bonchev–Trinajstić information content (AvgIpc) is 2.47. The molecule has 2 aromatic rings. The molecule has 0 unspecified atom stereocenters. The molecule has 2 nitrogen and oxygen atoms in total. The van der Waals surface area contributed by atoms with Crippen molar-refractivity contribution in [3.63, 3.8) is 0 Å². The van der Waals surface area contributed by atoms with E-state index in [4.69, 9.17) is 11.6 Å². The number of hydrogen-bond donors (Lipinski definition) is 0. The Morgan fingerprint density at radius 3 is 3.08 bits per heavy atom. The van der Waals surface area contributed by atoms with Crippen LogP contribution in [-0.2, 0) is 0 Å². The Morgan fingerprint density at radius 2 is 2.33 bits per heavy atom. The van der Waals surface area contributed by atoms with E-state index < -0.39 is 0 Å². The van der Waals surface area contributed by atoms with Crippen LogP contribution in [0, 0.1) is 0 Å². The molecule has 0 aliphatic rings. The normalized spacial score (nSPS) is 10.4. The third kappa shape index (κ3) is 1.11. The van der Waals surface area contributed by atoms with E-state index in [0.29, 0.717) is 10.7 Å². The van der Waals surface area contributed by atoms with E-state index in [1.54, 1.807) is 6.07 Å². The summed E-state index contributed by atoms with van der Waals surface area (Å²) in [5, 5.41) is 3.42. The summed E-state index contributed by atoms with van der Waals surface area (Å²) >= 11 is 7.29. The van der Waals surface area contributed by atoms with Gasteiger partial charge >= 0.3 is 0 Å². The van der Waals surface area contributed by atoms with Crippen LogP contribution in [0.25, 0.3) is 10.2 Å². The fraction of sp³-hybridized carbons (Fsp3) is 0. The van der Waals surface area contributed by atoms with E-state index >= 15 is 0 Å². The van der Waals surface area contributed by atoms with Gasteiger partial charge in [0.2, 0.25) is 0 Å². The van der Waals surface area contributed by atoms with Crippen LogP contribution in [0.2, 0.25) is 5.02 Å². The maximum atomic E-state index is 10.4. The summed E-state index contributed by atoms with van der Waals surface area (Å²) in [5.41, 5.74) is 0.445. The molecule has 0 saturated heterocycles. The molecule has 0 aromatic carbocycles. The third-order valence-corrected chi connectivity index (χ3v) is 2.86. The molecule has 0 spiro atoms. The first-order valence-electron chi connectivity index (χ1n) is 3.30. The monoisotopic (exact) mass is 197 g/mol. The predicted molar refractivity (Wildman–Crippen MR) is 50.0 cm³/mol. The topological polar surface area (TPSA) is 30.0 Å². The summed E-state index contributed by atoms with van der Waals surface area (Å²) in [5.74, 6) is 0. The van der Waals surface area contributed by atoms with Gasteiger partial charge in [-0.1, -0.05) is 11.6 Å². The maximum Gasteiger partial charge on any atom is 0.168 e. The van der Waals surface area contributed by atoms with Gasteiger partial charge < -0.3 is 0 Å². The highest BCUT2D eigenvalue weighted by Crippen LogP contribution is 2.27. The number of rotatable bonds is 1. The van der Waals surface area contributed by atoms with Crippen LogP contribution in [0.15, 0.2) is 17.5 Å². The number of carbonyl (C=O) groups excluding carboxylic acids is 1. The minimum atomic E-state index is 0.445. The van der Waals surface area contributed by atoms with Crippen LogP contribution >= 0.6 is 22.9 Å². The molecule has 0 aliphatic carbocycles. The number of aldehydes is 1. The second-order valence-corrected chi connectivity index (χ2v) is 3.56. The van der Waals surface area contributed by atoms with Gasteiger partial charge in [-0.2, -0.15) is 0 Å². The lowest BCUT2D eigenvalue weighted by molar-refractivity contribution is 0.111. The number of thiophene rings is 1. The average molecular weight is 198 g/mol. The number of pyridine rings is 1. The molecule has 0 N–H and O–H groups in total. The van der Waals surface area contributed by atoms with Crippen molar-refractivity contribution >= 4 is 39.4 Å². The standard InChI is InChI=1S/C8H4ClNOS/c9-7-4-12-8-6(7)2-1-5(3-11)10-8/h1-4H. The van der Waals surface area contributed by atoms with Crippen LogP contribution in [0.3, 0.4) is 0 Å². The molecule has 0 saturated carbocycles. The molecule has 0 radical (unpaired) electrons. The Bertz CT molecular complexity index is 438. The SMILES string of the molecule is O=Cc1ccc2c(Cl)csc2n1. The highest BCUT2D eigenvalue weighted by atomic mass is 35.5. The fourth-order valence-corrected chi connectivity index (χ4v) is 2.11. The number of halogens is 1. The second-order valence-electron chi connectivity index (χ2n) is 2.29.